The second kappa shape index (κ2) is 6.59. The summed E-state index contributed by atoms with van der Waals surface area (Å²) >= 11 is 0. The molecular formula is C18H26N6O2. The fourth-order valence-electron chi connectivity index (χ4n) is 3.20. The van der Waals surface area contributed by atoms with E-state index in [-0.39, 0.29) is 18.1 Å². The van der Waals surface area contributed by atoms with Crippen LogP contribution in [-0.4, -0.2) is 30.9 Å². The van der Waals surface area contributed by atoms with Crippen LogP contribution in [-0.2, 0) is 13.6 Å². The molecule has 1 unspecified atom stereocenters. The molecule has 1 atom stereocenters. The minimum atomic E-state index is -0.392. The third kappa shape index (κ3) is 2.69. The minimum Gasteiger partial charge on any atom is -0.294 e. The van der Waals surface area contributed by atoms with Crippen molar-refractivity contribution in [3.8, 4) is 0 Å². The van der Waals surface area contributed by atoms with Gasteiger partial charge in [0.15, 0.2) is 11.2 Å². The highest BCUT2D eigenvalue weighted by Gasteiger charge is 2.30. The minimum absolute atomic E-state index is 0.104. The van der Waals surface area contributed by atoms with Gasteiger partial charge in [-0.2, -0.15) is 10.1 Å². The predicted octanol–water partition coefficient (Wildman–Crippen LogP) is 1.89. The number of nitrogens with zero attached hydrogens (tertiary/aromatic N) is 6. The molecule has 8 heteroatoms. The number of aryl methyl sites for hydroxylation is 1. The van der Waals surface area contributed by atoms with Gasteiger partial charge in [0.05, 0.1) is 11.8 Å². The van der Waals surface area contributed by atoms with E-state index in [9.17, 15) is 9.59 Å². The van der Waals surface area contributed by atoms with Crippen LogP contribution < -0.4 is 16.3 Å². The molecule has 26 heavy (non-hydrogen) atoms. The second-order valence-corrected chi connectivity index (χ2v) is 7.22. The summed E-state index contributed by atoms with van der Waals surface area (Å²) in [4.78, 5) is 30.2. The highest BCUT2D eigenvalue weighted by Crippen LogP contribution is 2.30. The van der Waals surface area contributed by atoms with E-state index in [1.54, 1.807) is 13.1 Å². The van der Waals surface area contributed by atoms with E-state index in [2.05, 4.69) is 30.5 Å². The van der Waals surface area contributed by atoms with Crippen molar-refractivity contribution >= 4 is 22.8 Å². The summed E-state index contributed by atoms with van der Waals surface area (Å²) in [5, 5.41) is 6.51. The van der Waals surface area contributed by atoms with E-state index >= 15 is 0 Å². The summed E-state index contributed by atoms with van der Waals surface area (Å²) in [7, 11) is 1.64. The lowest BCUT2D eigenvalue weighted by Crippen LogP contribution is -2.40. The van der Waals surface area contributed by atoms with Crippen molar-refractivity contribution in [3.63, 3.8) is 0 Å². The molecule has 0 aromatic carbocycles. The Morgan fingerprint density at radius 2 is 2.00 bits per heavy atom. The summed E-state index contributed by atoms with van der Waals surface area (Å²) in [6.07, 6.45) is 2.50. The highest BCUT2D eigenvalue weighted by atomic mass is 16.2. The van der Waals surface area contributed by atoms with Crippen molar-refractivity contribution in [1.82, 2.24) is 18.7 Å². The van der Waals surface area contributed by atoms with Gasteiger partial charge in [0.25, 0.3) is 5.56 Å². The molecule has 2 aromatic rings. The molecule has 0 aliphatic carbocycles. The summed E-state index contributed by atoms with van der Waals surface area (Å²) in [5.74, 6) is 1.14. The Morgan fingerprint density at radius 3 is 2.62 bits per heavy atom. The van der Waals surface area contributed by atoms with Crippen LogP contribution in [0.4, 0.5) is 5.95 Å². The van der Waals surface area contributed by atoms with Crippen LogP contribution >= 0.6 is 0 Å². The largest absolute Gasteiger partial charge is 0.332 e. The van der Waals surface area contributed by atoms with Gasteiger partial charge < -0.3 is 0 Å². The Balaban J connectivity index is 2.31. The van der Waals surface area contributed by atoms with E-state index in [4.69, 9.17) is 0 Å². The van der Waals surface area contributed by atoms with Crippen molar-refractivity contribution in [1.29, 1.82) is 0 Å². The van der Waals surface area contributed by atoms with Gasteiger partial charge in [-0.1, -0.05) is 19.9 Å². The molecule has 0 saturated heterocycles. The third-order valence-electron chi connectivity index (χ3n) is 4.89. The van der Waals surface area contributed by atoms with Crippen LogP contribution in [0.25, 0.3) is 11.2 Å². The van der Waals surface area contributed by atoms with E-state index in [1.807, 2.05) is 23.4 Å². The van der Waals surface area contributed by atoms with Gasteiger partial charge in [-0.15, -0.1) is 6.58 Å². The number of hydrazone groups is 1. The van der Waals surface area contributed by atoms with Gasteiger partial charge >= 0.3 is 5.69 Å². The zero-order valence-electron chi connectivity index (χ0n) is 16.1. The second-order valence-electron chi connectivity index (χ2n) is 7.22. The molecule has 0 fully saturated rings. The monoisotopic (exact) mass is 358 g/mol. The van der Waals surface area contributed by atoms with Gasteiger partial charge in [-0.05, 0) is 26.2 Å². The number of anilines is 1. The molecule has 0 bridgehead atoms. The van der Waals surface area contributed by atoms with Crippen LogP contribution in [0.3, 0.4) is 0 Å². The van der Waals surface area contributed by atoms with Crippen molar-refractivity contribution in [2.75, 3.05) is 11.6 Å². The number of allylic oxidation sites excluding steroid dienone is 1. The molecule has 1 aliphatic heterocycles. The molecule has 0 amide bonds. The molecule has 3 rings (SSSR count). The van der Waals surface area contributed by atoms with E-state index in [1.165, 1.54) is 9.13 Å². The summed E-state index contributed by atoms with van der Waals surface area (Å²) in [6, 6.07) is -0.104. The maximum Gasteiger partial charge on any atom is 0.332 e. The van der Waals surface area contributed by atoms with Crippen LogP contribution in [0.2, 0.25) is 0 Å². The molecule has 1 aliphatic rings. The summed E-state index contributed by atoms with van der Waals surface area (Å²) < 4.78 is 4.52. The van der Waals surface area contributed by atoms with Gasteiger partial charge in [0.2, 0.25) is 5.95 Å². The lowest BCUT2D eigenvalue weighted by molar-refractivity contribution is 0.554. The zero-order chi connectivity index (χ0) is 19.2. The van der Waals surface area contributed by atoms with Crippen molar-refractivity contribution in [2.24, 2.45) is 18.1 Å². The summed E-state index contributed by atoms with van der Waals surface area (Å²) in [5.41, 5.74) is 0.995. The lowest BCUT2D eigenvalue weighted by atomic mass is 10.1. The summed E-state index contributed by atoms with van der Waals surface area (Å²) in [6.45, 7) is 12.8. The highest BCUT2D eigenvalue weighted by molar-refractivity contribution is 5.91. The fourth-order valence-corrected chi connectivity index (χ4v) is 3.20. The first-order chi connectivity index (χ1) is 12.3. The molecule has 0 N–H and O–H groups in total. The molecule has 0 saturated carbocycles. The predicted molar refractivity (Wildman–Crippen MR) is 104 cm³/mol. The Labute approximate surface area is 152 Å². The molecule has 8 nitrogen and oxygen atoms in total. The Kier molecular flexibility index (Phi) is 4.60. The quantitative estimate of drug-likeness (QED) is 0.765. The van der Waals surface area contributed by atoms with Gasteiger partial charge in [0, 0.05) is 20.1 Å². The normalized spacial score (nSPS) is 16.9. The first-order valence-electron chi connectivity index (χ1n) is 8.93. The van der Waals surface area contributed by atoms with Crippen LogP contribution in [0.15, 0.2) is 27.3 Å². The number of imidazole rings is 1. The Bertz CT molecular complexity index is 1010. The molecule has 0 spiro atoms. The Morgan fingerprint density at radius 1 is 1.31 bits per heavy atom. The molecule has 2 aromatic heterocycles. The number of aromatic nitrogens is 4. The van der Waals surface area contributed by atoms with Crippen molar-refractivity contribution in [2.45, 2.75) is 46.7 Å². The average Bonchev–Trinajstić information content (AvgIpc) is 3.00. The third-order valence-corrected chi connectivity index (χ3v) is 4.89. The van der Waals surface area contributed by atoms with E-state index in [0.29, 0.717) is 29.6 Å². The lowest BCUT2D eigenvalue weighted by Gasteiger charge is -2.29. The maximum absolute atomic E-state index is 13.0. The van der Waals surface area contributed by atoms with Crippen LogP contribution in [0.1, 0.15) is 40.2 Å². The van der Waals surface area contributed by atoms with Gasteiger partial charge in [-0.3, -0.25) is 18.5 Å². The van der Waals surface area contributed by atoms with Gasteiger partial charge in [-0.25, -0.2) is 9.80 Å². The van der Waals surface area contributed by atoms with Crippen molar-refractivity contribution in [3.05, 3.63) is 33.5 Å². The SMILES string of the molecule is C=CCn1c(=O)c2c(nc3n2C(C)C(C)=NN3CCC(C)C)n(C)c1=O. The molecule has 140 valence electrons. The van der Waals surface area contributed by atoms with Crippen LogP contribution in [0.5, 0.6) is 0 Å². The number of fused-ring (bicyclic) bond motifs is 3. The zero-order valence-corrected chi connectivity index (χ0v) is 16.1. The van der Waals surface area contributed by atoms with Crippen LogP contribution in [0, 0.1) is 5.92 Å². The molecule has 3 heterocycles. The number of hydrogen-bond donors (Lipinski definition) is 0. The van der Waals surface area contributed by atoms with Crippen molar-refractivity contribution < 1.29 is 0 Å². The van der Waals surface area contributed by atoms with Gasteiger partial charge in [0.1, 0.15) is 0 Å². The fraction of sp³-hybridized carbons (Fsp3) is 0.556. The first-order valence-corrected chi connectivity index (χ1v) is 8.93. The Hall–Kier alpha value is -2.64. The smallest absolute Gasteiger partial charge is 0.294 e. The molecule has 0 radical (unpaired) electrons. The molecular weight excluding hydrogens is 332 g/mol. The standard InChI is InChI=1S/C18H26N6O2/c1-7-9-22-16(25)14-15(21(6)18(22)26)19-17-23(10-8-11(2)3)20-12(4)13(5)24(14)17/h7,11,13H,1,8-10H2,2-6H3. The topological polar surface area (TPSA) is 77.4 Å². The first kappa shape index (κ1) is 18.2. The van der Waals surface area contributed by atoms with E-state index < -0.39 is 5.69 Å². The maximum atomic E-state index is 13.0. The number of hydrogen-bond acceptors (Lipinski definition) is 5. The van der Waals surface area contributed by atoms with E-state index in [0.717, 1.165) is 12.1 Å². The number of rotatable bonds is 5. The average molecular weight is 358 g/mol.